The fourth-order valence-electron chi connectivity index (χ4n) is 1.79. The van der Waals surface area contributed by atoms with Crippen molar-refractivity contribution in [1.82, 2.24) is 4.98 Å². The van der Waals surface area contributed by atoms with Gasteiger partial charge in [-0.1, -0.05) is 29.8 Å². The summed E-state index contributed by atoms with van der Waals surface area (Å²) >= 11 is 7.06. The summed E-state index contributed by atoms with van der Waals surface area (Å²) in [6.07, 6.45) is 1.61. The summed E-state index contributed by atoms with van der Waals surface area (Å²) in [6.45, 7) is 0. The SMILES string of the molecule is O=C(Nc1cccnc1Oc1ccccc1)c1ccc(Cl)s1. The van der Waals surface area contributed by atoms with Crippen molar-refractivity contribution in [3.05, 3.63) is 70.0 Å². The molecule has 0 unspecified atom stereocenters. The standard InChI is InChI=1S/C16H11ClN2O2S/c17-14-9-8-13(22-14)15(20)19-12-7-4-10-18-16(12)21-11-5-2-1-3-6-11/h1-10H,(H,19,20). The molecule has 3 aromatic rings. The quantitative estimate of drug-likeness (QED) is 0.744. The Morgan fingerprint density at radius 1 is 1.09 bits per heavy atom. The summed E-state index contributed by atoms with van der Waals surface area (Å²) in [6, 6.07) is 16.1. The molecular formula is C16H11ClN2O2S. The second-order valence-electron chi connectivity index (χ2n) is 4.33. The molecule has 6 heteroatoms. The maximum Gasteiger partial charge on any atom is 0.265 e. The van der Waals surface area contributed by atoms with Crippen molar-refractivity contribution in [2.45, 2.75) is 0 Å². The van der Waals surface area contributed by atoms with Crippen LogP contribution in [0.4, 0.5) is 5.69 Å². The maximum absolute atomic E-state index is 12.2. The van der Waals surface area contributed by atoms with Gasteiger partial charge in [-0.05, 0) is 36.4 Å². The van der Waals surface area contributed by atoms with E-state index in [-0.39, 0.29) is 5.91 Å². The highest BCUT2D eigenvalue weighted by Crippen LogP contribution is 2.28. The molecule has 1 aromatic carbocycles. The number of pyridine rings is 1. The summed E-state index contributed by atoms with van der Waals surface area (Å²) in [5.41, 5.74) is 0.501. The Labute approximate surface area is 136 Å². The van der Waals surface area contributed by atoms with Crippen LogP contribution < -0.4 is 10.1 Å². The second kappa shape index (κ2) is 6.60. The third-order valence-corrected chi connectivity index (χ3v) is 4.00. The van der Waals surface area contributed by atoms with Gasteiger partial charge < -0.3 is 10.1 Å². The van der Waals surface area contributed by atoms with Crippen LogP contribution in [-0.2, 0) is 0 Å². The van der Waals surface area contributed by atoms with E-state index in [9.17, 15) is 4.79 Å². The molecule has 0 aliphatic rings. The lowest BCUT2D eigenvalue weighted by Gasteiger charge is -2.10. The molecule has 4 nitrogen and oxygen atoms in total. The van der Waals surface area contributed by atoms with Crippen LogP contribution in [0.3, 0.4) is 0 Å². The summed E-state index contributed by atoms with van der Waals surface area (Å²) in [5.74, 6) is 0.739. The van der Waals surface area contributed by atoms with Crippen molar-refractivity contribution >= 4 is 34.5 Å². The van der Waals surface area contributed by atoms with Gasteiger partial charge in [-0.3, -0.25) is 4.79 Å². The lowest BCUT2D eigenvalue weighted by atomic mass is 10.3. The molecule has 1 N–H and O–H groups in total. The fraction of sp³-hybridized carbons (Fsp3) is 0. The molecule has 0 atom stereocenters. The highest BCUT2D eigenvalue weighted by molar-refractivity contribution is 7.18. The molecule has 3 rings (SSSR count). The Balaban J connectivity index is 1.81. The second-order valence-corrected chi connectivity index (χ2v) is 6.04. The van der Waals surface area contributed by atoms with Gasteiger partial charge in [0.2, 0.25) is 5.88 Å². The van der Waals surface area contributed by atoms with Crippen LogP contribution in [0, 0.1) is 0 Å². The summed E-state index contributed by atoms with van der Waals surface area (Å²) in [5, 5.41) is 2.79. The average molecular weight is 331 g/mol. The number of rotatable bonds is 4. The average Bonchev–Trinajstić information content (AvgIpc) is 2.97. The number of nitrogens with one attached hydrogen (secondary N) is 1. The van der Waals surface area contributed by atoms with Gasteiger partial charge in [0.05, 0.1) is 9.21 Å². The van der Waals surface area contributed by atoms with E-state index in [1.54, 1.807) is 30.5 Å². The van der Waals surface area contributed by atoms with Gasteiger partial charge in [0, 0.05) is 6.20 Å². The molecule has 2 aromatic heterocycles. The molecule has 0 saturated carbocycles. The zero-order chi connectivity index (χ0) is 15.4. The zero-order valence-electron chi connectivity index (χ0n) is 11.3. The molecule has 0 saturated heterocycles. The monoisotopic (exact) mass is 330 g/mol. The van der Waals surface area contributed by atoms with Crippen molar-refractivity contribution in [1.29, 1.82) is 0 Å². The Morgan fingerprint density at radius 2 is 1.91 bits per heavy atom. The van der Waals surface area contributed by atoms with Crippen LogP contribution in [0.15, 0.2) is 60.8 Å². The predicted octanol–water partition coefficient (Wildman–Crippen LogP) is 4.84. The van der Waals surface area contributed by atoms with Gasteiger partial charge in [-0.15, -0.1) is 11.3 Å². The number of ether oxygens (including phenoxy) is 1. The lowest BCUT2D eigenvalue weighted by Crippen LogP contribution is -2.11. The number of carbonyl (C=O) groups is 1. The first-order valence-electron chi connectivity index (χ1n) is 6.47. The van der Waals surface area contributed by atoms with Gasteiger partial charge >= 0.3 is 0 Å². The van der Waals surface area contributed by atoms with E-state index in [0.717, 1.165) is 0 Å². The number of benzene rings is 1. The number of anilines is 1. The van der Waals surface area contributed by atoms with Crippen molar-refractivity contribution in [3.8, 4) is 11.6 Å². The van der Waals surface area contributed by atoms with Gasteiger partial charge in [0.15, 0.2) is 0 Å². The van der Waals surface area contributed by atoms with Gasteiger partial charge in [0.1, 0.15) is 11.4 Å². The molecular weight excluding hydrogens is 320 g/mol. The molecule has 0 aliphatic heterocycles. The molecule has 22 heavy (non-hydrogen) atoms. The molecule has 1 amide bonds. The number of nitrogens with zero attached hydrogens (tertiary/aromatic N) is 1. The van der Waals surface area contributed by atoms with Crippen LogP contribution in [0.2, 0.25) is 4.34 Å². The fourth-order valence-corrected chi connectivity index (χ4v) is 2.73. The van der Waals surface area contributed by atoms with Gasteiger partial charge in [0.25, 0.3) is 5.91 Å². The van der Waals surface area contributed by atoms with E-state index in [2.05, 4.69) is 10.3 Å². The van der Waals surface area contributed by atoms with E-state index >= 15 is 0 Å². The van der Waals surface area contributed by atoms with Gasteiger partial charge in [-0.25, -0.2) is 4.98 Å². The third kappa shape index (κ3) is 3.44. The number of aromatic nitrogens is 1. The number of hydrogen-bond acceptors (Lipinski definition) is 4. The van der Waals surface area contributed by atoms with Crippen molar-refractivity contribution < 1.29 is 9.53 Å². The Morgan fingerprint density at radius 3 is 2.64 bits per heavy atom. The normalized spacial score (nSPS) is 10.2. The van der Waals surface area contributed by atoms with E-state index in [1.165, 1.54) is 11.3 Å². The van der Waals surface area contributed by atoms with Crippen molar-refractivity contribution in [3.63, 3.8) is 0 Å². The molecule has 2 heterocycles. The van der Waals surface area contributed by atoms with Crippen molar-refractivity contribution in [2.24, 2.45) is 0 Å². The Hall–Kier alpha value is -2.37. The summed E-state index contributed by atoms with van der Waals surface area (Å²) in [4.78, 5) is 16.9. The summed E-state index contributed by atoms with van der Waals surface area (Å²) in [7, 11) is 0. The third-order valence-electron chi connectivity index (χ3n) is 2.77. The van der Waals surface area contributed by atoms with E-state index in [1.807, 2.05) is 30.3 Å². The smallest absolute Gasteiger partial charge is 0.265 e. The number of halogens is 1. The molecule has 0 bridgehead atoms. The zero-order valence-corrected chi connectivity index (χ0v) is 12.9. The maximum atomic E-state index is 12.2. The van der Waals surface area contributed by atoms with Crippen LogP contribution in [0.5, 0.6) is 11.6 Å². The van der Waals surface area contributed by atoms with Crippen LogP contribution >= 0.6 is 22.9 Å². The minimum Gasteiger partial charge on any atom is -0.437 e. The highest BCUT2D eigenvalue weighted by atomic mass is 35.5. The highest BCUT2D eigenvalue weighted by Gasteiger charge is 2.13. The minimum atomic E-state index is -0.247. The topological polar surface area (TPSA) is 51.2 Å². The van der Waals surface area contributed by atoms with Crippen molar-refractivity contribution in [2.75, 3.05) is 5.32 Å². The molecule has 0 spiro atoms. The van der Waals surface area contributed by atoms with E-state index in [0.29, 0.717) is 26.5 Å². The van der Waals surface area contributed by atoms with Crippen LogP contribution in [-0.4, -0.2) is 10.9 Å². The number of amides is 1. The lowest BCUT2D eigenvalue weighted by molar-refractivity contribution is 0.103. The van der Waals surface area contributed by atoms with Gasteiger partial charge in [-0.2, -0.15) is 0 Å². The number of hydrogen-bond donors (Lipinski definition) is 1. The van der Waals surface area contributed by atoms with E-state index in [4.69, 9.17) is 16.3 Å². The molecule has 0 fully saturated rings. The Bertz CT molecular complexity index is 790. The first-order chi connectivity index (χ1) is 10.7. The summed E-state index contributed by atoms with van der Waals surface area (Å²) < 4.78 is 6.27. The number of para-hydroxylation sites is 1. The Kier molecular flexibility index (Phi) is 4.37. The number of carbonyl (C=O) groups excluding carboxylic acids is 1. The molecule has 0 aliphatic carbocycles. The van der Waals surface area contributed by atoms with Crippen LogP contribution in [0.25, 0.3) is 0 Å². The molecule has 0 radical (unpaired) electrons. The first kappa shape index (κ1) is 14.6. The largest absolute Gasteiger partial charge is 0.437 e. The minimum absolute atomic E-state index is 0.247. The molecule has 110 valence electrons. The van der Waals surface area contributed by atoms with Crippen LogP contribution in [0.1, 0.15) is 9.67 Å². The predicted molar refractivity (Wildman–Crippen MR) is 88.0 cm³/mol. The van der Waals surface area contributed by atoms with E-state index < -0.39 is 0 Å². The number of thiophene rings is 1. The first-order valence-corrected chi connectivity index (χ1v) is 7.66.